The normalized spacial score (nSPS) is 17.3. The standard InChI is InChI=1S/C15H12BrClN4O/c16-12-8-19-3-1-14(12)22-11-2-4-21(9-11)15-13(17)5-10(6-18)7-20-15/h1,3,5,7-8,11H,2,4,9H2. The van der Waals surface area contributed by atoms with Gasteiger partial charge < -0.3 is 9.64 Å². The van der Waals surface area contributed by atoms with E-state index < -0.39 is 0 Å². The Hall–Kier alpha value is -1.84. The molecule has 1 aliphatic rings. The number of halogens is 2. The van der Waals surface area contributed by atoms with E-state index in [-0.39, 0.29) is 6.10 Å². The summed E-state index contributed by atoms with van der Waals surface area (Å²) in [6.07, 6.45) is 5.89. The molecule has 3 rings (SSSR count). The highest BCUT2D eigenvalue weighted by Gasteiger charge is 2.27. The monoisotopic (exact) mass is 378 g/mol. The molecule has 22 heavy (non-hydrogen) atoms. The van der Waals surface area contributed by atoms with Crippen molar-refractivity contribution in [3.63, 3.8) is 0 Å². The molecule has 0 radical (unpaired) electrons. The van der Waals surface area contributed by atoms with Crippen molar-refractivity contribution in [2.24, 2.45) is 0 Å². The van der Waals surface area contributed by atoms with Gasteiger partial charge in [-0.15, -0.1) is 0 Å². The second-order valence-corrected chi connectivity index (χ2v) is 6.18. The minimum absolute atomic E-state index is 0.0622. The number of hydrogen-bond donors (Lipinski definition) is 0. The SMILES string of the molecule is N#Cc1cnc(N2CCC(Oc3ccncc3Br)C2)c(Cl)c1. The Balaban J connectivity index is 1.70. The molecule has 0 saturated carbocycles. The lowest BCUT2D eigenvalue weighted by molar-refractivity contribution is 0.223. The zero-order valence-corrected chi connectivity index (χ0v) is 13.9. The first-order chi connectivity index (χ1) is 10.7. The fraction of sp³-hybridized carbons (Fsp3) is 0.267. The first-order valence-electron chi connectivity index (χ1n) is 6.74. The smallest absolute Gasteiger partial charge is 0.147 e. The van der Waals surface area contributed by atoms with E-state index >= 15 is 0 Å². The van der Waals surface area contributed by atoms with Crippen LogP contribution < -0.4 is 9.64 Å². The molecule has 1 atom stereocenters. The minimum atomic E-state index is 0.0622. The van der Waals surface area contributed by atoms with Gasteiger partial charge in [-0.2, -0.15) is 5.26 Å². The summed E-state index contributed by atoms with van der Waals surface area (Å²) < 4.78 is 6.83. The second kappa shape index (κ2) is 6.51. The van der Waals surface area contributed by atoms with Gasteiger partial charge >= 0.3 is 0 Å². The molecule has 3 heterocycles. The first kappa shape index (κ1) is 15.1. The second-order valence-electron chi connectivity index (χ2n) is 4.92. The van der Waals surface area contributed by atoms with Crippen LogP contribution in [-0.4, -0.2) is 29.2 Å². The van der Waals surface area contributed by atoms with Gasteiger partial charge in [0.25, 0.3) is 0 Å². The molecular formula is C15H12BrClN4O. The quantitative estimate of drug-likeness (QED) is 0.817. The molecule has 7 heteroatoms. The fourth-order valence-electron chi connectivity index (χ4n) is 2.38. The van der Waals surface area contributed by atoms with E-state index in [0.29, 0.717) is 22.9 Å². The topological polar surface area (TPSA) is 62.0 Å². The summed E-state index contributed by atoms with van der Waals surface area (Å²) in [5.74, 6) is 1.47. The minimum Gasteiger partial charge on any atom is -0.487 e. The van der Waals surface area contributed by atoms with Gasteiger partial charge in [0.05, 0.1) is 21.6 Å². The Morgan fingerprint density at radius 2 is 2.32 bits per heavy atom. The maximum absolute atomic E-state index is 8.86. The Bertz CT molecular complexity index is 734. The van der Waals surface area contributed by atoms with E-state index in [1.807, 2.05) is 12.1 Å². The van der Waals surface area contributed by atoms with Crippen LogP contribution in [0.4, 0.5) is 5.82 Å². The molecule has 5 nitrogen and oxygen atoms in total. The fourth-order valence-corrected chi connectivity index (χ4v) is 3.01. The molecular weight excluding hydrogens is 368 g/mol. The third-order valence-electron chi connectivity index (χ3n) is 3.42. The Kier molecular flexibility index (Phi) is 4.46. The van der Waals surface area contributed by atoms with Crippen LogP contribution in [0.5, 0.6) is 5.75 Å². The van der Waals surface area contributed by atoms with Crippen molar-refractivity contribution in [3.8, 4) is 11.8 Å². The van der Waals surface area contributed by atoms with E-state index in [9.17, 15) is 0 Å². The third kappa shape index (κ3) is 3.16. The van der Waals surface area contributed by atoms with Crippen molar-refractivity contribution in [1.29, 1.82) is 5.26 Å². The van der Waals surface area contributed by atoms with E-state index in [4.69, 9.17) is 21.6 Å². The lowest BCUT2D eigenvalue weighted by Crippen LogP contribution is -2.25. The molecule has 2 aromatic heterocycles. The van der Waals surface area contributed by atoms with Gasteiger partial charge in [0.2, 0.25) is 0 Å². The van der Waals surface area contributed by atoms with Gasteiger partial charge in [-0.05, 0) is 28.1 Å². The largest absolute Gasteiger partial charge is 0.487 e. The number of rotatable bonds is 3. The first-order valence-corrected chi connectivity index (χ1v) is 7.91. The molecule has 0 aromatic carbocycles. The highest BCUT2D eigenvalue weighted by Crippen LogP contribution is 2.30. The summed E-state index contributed by atoms with van der Waals surface area (Å²) in [5, 5.41) is 9.35. The summed E-state index contributed by atoms with van der Waals surface area (Å²) >= 11 is 9.64. The summed E-state index contributed by atoms with van der Waals surface area (Å²) in [6, 6.07) is 5.50. The molecule has 0 amide bonds. The van der Waals surface area contributed by atoms with Crippen molar-refractivity contribution in [2.45, 2.75) is 12.5 Å². The van der Waals surface area contributed by atoms with E-state index in [0.717, 1.165) is 23.2 Å². The zero-order chi connectivity index (χ0) is 15.5. The third-order valence-corrected chi connectivity index (χ3v) is 4.30. The lowest BCUT2D eigenvalue weighted by Gasteiger charge is -2.19. The van der Waals surface area contributed by atoms with Crippen LogP contribution in [-0.2, 0) is 0 Å². The van der Waals surface area contributed by atoms with Gasteiger partial charge in [0, 0.05) is 31.6 Å². The average Bonchev–Trinajstić information content (AvgIpc) is 2.97. The summed E-state index contributed by atoms with van der Waals surface area (Å²) in [7, 11) is 0. The van der Waals surface area contributed by atoms with Gasteiger partial charge in [-0.3, -0.25) is 4.98 Å². The van der Waals surface area contributed by atoms with Crippen molar-refractivity contribution in [1.82, 2.24) is 9.97 Å². The van der Waals surface area contributed by atoms with Crippen LogP contribution in [0.2, 0.25) is 5.02 Å². The van der Waals surface area contributed by atoms with Crippen LogP contribution in [0.1, 0.15) is 12.0 Å². The molecule has 1 aliphatic heterocycles. The number of nitriles is 1. The van der Waals surface area contributed by atoms with Crippen LogP contribution in [0.25, 0.3) is 0 Å². The van der Waals surface area contributed by atoms with E-state index in [2.05, 4.69) is 30.8 Å². The summed E-state index contributed by atoms with van der Waals surface area (Å²) in [6.45, 7) is 1.51. The van der Waals surface area contributed by atoms with Crippen molar-refractivity contribution < 1.29 is 4.74 Å². The van der Waals surface area contributed by atoms with Crippen molar-refractivity contribution in [2.75, 3.05) is 18.0 Å². The molecule has 1 saturated heterocycles. The van der Waals surface area contributed by atoms with Crippen LogP contribution in [0.15, 0.2) is 35.2 Å². The molecule has 0 bridgehead atoms. The van der Waals surface area contributed by atoms with Crippen LogP contribution in [0.3, 0.4) is 0 Å². The predicted molar refractivity (Wildman–Crippen MR) is 87.1 cm³/mol. The Morgan fingerprint density at radius 1 is 1.45 bits per heavy atom. The molecule has 1 fully saturated rings. The Labute approximate surface area is 141 Å². The summed E-state index contributed by atoms with van der Waals surface area (Å²) in [4.78, 5) is 10.4. The van der Waals surface area contributed by atoms with Gasteiger partial charge in [0.15, 0.2) is 0 Å². The Morgan fingerprint density at radius 3 is 3.05 bits per heavy atom. The predicted octanol–water partition coefficient (Wildman–Crippen LogP) is 3.42. The van der Waals surface area contributed by atoms with Gasteiger partial charge in [0.1, 0.15) is 23.7 Å². The van der Waals surface area contributed by atoms with E-state index in [1.54, 1.807) is 18.5 Å². The number of pyridine rings is 2. The highest BCUT2D eigenvalue weighted by molar-refractivity contribution is 9.10. The van der Waals surface area contributed by atoms with Crippen molar-refractivity contribution in [3.05, 3.63) is 45.8 Å². The zero-order valence-electron chi connectivity index (χ0n) is 11.5. The molecule has 1 unspecified atom stereocenters. The van der Waals surface area contributed by atoms with Crippen molar-refractivity contribution >= 4 is 33.3 Å². The molecule has 112 valence electrons. The number of ether oxygens (including phenoxy) is 1. The number of anilines is 1. The summed E-state index contributed by atoms with van der Waals surface area (Å²) in [5.41, 5.74) is 0.460. The average molecular weight is 380 g/mol. The van der Waals surface area contributed by atoms with Gasteiger partial charge in [-0.25, -0.2) is 4.98 Å². The van der Waals surface area contributed by atoms with E-state index in [1.165, 1.54) is 6.20 Å². The molecule has 0 spiro atoms. The van der Waals surface area contributed by atoms with Gasteiger partial charge in [-0.1, -0.05) is 11.6 Å². The molecule has 0 aliphatic carbocycles. The lowest BCUT2D eigenvalue weighted by atomic mass is 10.3. The highest BCUT2D eigenvalue weighted by atomic mass is 79.9. The molecule has 2 aromatic rings. The van der Waals surface area contributed by atoms with Crippen LogP contribution in [0, 0.1) is 11.3 Å². The maximum atomic E-state index is 8.86. The van der Waals surface area contributed by atoms with Crippen LogP contribution >= 0.6 is 27.5 Å². The number of nitrogens with zero attached hydrogens (tertiary/aromatic N) is 4. The maximum Gasteiger partial charge on any atom is 0.147 e. The molecule has 0 N–H and O–H groups in total. The number of hydrogen-bond acceptors (Lipinski definition) is 5. The number of aromatic nitrogens is 2.